The molecule has 24 heavy (non-hydrogen) atoms. The van der Waals surface area contributed by atoms with Gasteiger partial charge < -0.3 is 5.32 Å². The Bertz CT molecular complexity index is 875. The second-order valence-corrected chi connectivity index (χ2v) is 7.12. The number of hydrogen-bond donors (Lipinski definition) is 1. The Morgan fingerprint density at radius 2 is 1.58 bits per heavy atom. The topological polar surface area (TPSA) is 29.9 Å². The number of anilines is 1. The highest BCUT2D eigenvalue weighted by Crippen LogP contribution is 2.37. The third-order valence-electron chi connectivity index (χ3n) is 3.99. The van der Waals surface area contributed by atoms with Crippen LogP contribution in [0, 0.1) is 0 Å². The highest BCUT2D eigenvalue weighted by Gasteiger charge is 2.24. The Hall–Kier alpha value is -1.39. The first kappa shape index (κ1) is 16.1. The van der Waals surface area contributed by atoms with E-state index in [-0.39, 0.29) is 0 Å². The van der Waals surface area contributed by atoms with E-state index >= 15 is 0 Å². The highest BCUT2D eigenvalue weighted by molar-refractivity contribution is 6.42. The average Bonchev–Trinajstić information content (AvgIpc) is 3.15. The molecule has 1 aliphatic rings. The van der Waals surface area contributed by atoms with Crippen molar-refractivity contribution in [1.82, 2.24) is 9.78 Å². The van der Waals surface area contributed by atoms with E-state index in [0.717, 1.165) is 41.3 Å². The zero-order valence-electron chi connectivity index (χ0n) is 12.3. The van der Waals surface area contributed by atoms with Crippen LogP contribution in [0.3, 0.4) is 0 Å². The molecule has 0 unspecified atom stereocenters. The second kappa shape index (κ2) is 6.16. The van der Waals surface area contributed by atoms with Crippen LogP contribution in [0.25, 0.3) is 16.9 Å². The van der Waals surface area contributed by atoms with Gasteiger partial charge in [0.25, 0.3) is 0 Å². The van der Waals surface area contributed by atoms with E-state index in [2.05, 4.69) is 5.32 Å². The Balaban J connectivity index is 1.88. The summed E-state index contributed by atoms with van der Waals surface area (Å²) in [5.74, 6) is 0.967. The van der Waals surface area contributed by atoms with Gasteiger partial charge in [-0.2, -0.15) is 5.10 Å². The number of nitrogens with one attached hydrogen (secondary N) is 1. The average molecular weight is 399 g/mol. The maximum absolute atomic E-state index is 6.16. The quantitative estimate of drug-likeness (QED) is 0.563. The molecule has 0 amide bonds. The monoisotopic (exact) mass is 397 g/mol. The van der Waals surface area contributed by atoms with Gasteiger partial charge in [0.1, 0.15) is 5.82 Å². The molecule has 0 bridgehead atoms. The number of aromatic nitrogens is 2. The number of hydrogen-bond acceptors (Lipinski definition) is 2. The fourth-order valence-electron chi connectivity index (χ4n) is 2.85. The van der Waals surface area contributed by atoms with Crippen molar-refractivity contribution in [1.29, 1.82) is 0 Å². The fraction of sp³-hybridized carbons (Fsp3) is 0.118. The molecular formula is C17H11Cl4N3. The molecule has 122 valence electrons. The molecule has 1 N–H and O–H groups in total. The van der Waals surface area contributed by atoms with Crippen LogP contribution in [0.15, 0.2) is 36.4 Å². The van der Waals surface area contributed by atoms with Gasteiger partial charge in [-0.25, -0.2) is 4.68 Å². The normalized spacial score (nSPS) is 13.0. The summed E-state index contributed by atoms with van der Waals surface area (Å²) in [5.41, 5.74) is 3.82. The lowest BCUT2D eigenvalue weighted by atomic mass is 10.1. The Morgan fingerprint density at radius 1 is 0.875 bits per heavy atom. The maximum atomic E-state index is 6.16. The summed E-state index contributed by atoms with van der Waals surface area (Å²) in [6, 6.07) is 11.0. The Labute approximate surface area is 159 Å². The van der Waals surface area contributed by atoms with E-state index < -0.39 is 0 Å². The third kappa shape index (κ3) is 2.66. The largest absolute Gasteiger partial charge is 0.369 e. The summed E-state index contributed by atoms with van der Waals surface area (Å²) in [4.78, 5) is 0. The first-order valence-electron chi connectivity index (χ1n) is 7.31. The zero-order chi connectivity index (χ0) is 16.8. The summed E-state index contributed by atoms with van der Waals surface area (Å²) < 4.78 is 1.85. The van der Waals surface area contributed by atoms with Crippen LogP contribution in [-0.4, -0.2) is 16.3 Å². The van der Waals surface area contributed by atoms with E-state index in [1.807, 2.05) is 22.9 Å². The molecule has 0 spiro atoms. The second-order valence-electron chi connectivity index (χ2n) is 5.49. The predicted molar refractivity (Wildman–Crippen MR) is 101 cm³/mol. The number of rotatable bonds is 2. The first-order valence-corrected chi connectivity index (χ1v) is 8.82. The molecule has 0 fully saturated rings. The molecule has 1 aromatic heterocycles. The summed E-state index contributed by atoms with van der Waals surface area (Å²) >= 11 is 24.3. The molecule has 2 aromatic carbocycles. The van der Waals surface area contributed by atoms with Crippen LogP contribution in [0.5, 0.6) is 0 Å². The van der Waals surface area contributed by atoms with Gasteiger partial charge in [-0.1, -0.05) is 52.5 Å². The Kier molecular flexibility index (Phi) is 4.13. The molecule has 0 aliphatic carbocycles. The van der Waals surface area contributed by atoms with E-state index in [0.29, 0.717) is 20.1 Å². The van der Waals surface area contributed by atoms with Gasteiger partial charge in [-0.15, -0.1) is 0 Å². The van der Waals surface area contributed by atoms with E-state index in [9.17, 15) is 0 Å². The molecule has 4 rings (SSSR count). The van der Waals surface area contributed by atoms with Crippen LogP contribution in [0.2, 0.25) is 20.1 Å². The summed E-state index contributed by atoms with van der Waals surface area (Å²) in [5, 5.41) is 10.2. The standard InChI is InChI=1S/C17H11Cl4N3/c18-12-3-1-9(7-14(12)20)16-11-5-6-22-17(11)24(23-16)10-2-4-13(19)15(21)8-10/h1-4,7-8,22H,5-6H2. The van der Waals surface area contributed by atoms with Gasteiger partial charge in [-0.3, -0.25) is 0 Å². The Morgan fingerprint density at radius 3 is 2.29 bits per heavy atom. The molecule has 7 heteroatoms. The number of fused-ring (bicyclic) bond motifs is 1. The van der Waals surface area contributed by atoms with Gasteiger partial charge >= 0.3 is 0 Å². The molecule has 1 aliphatic heterocycles. The van der Waals surface area contributed by atoms with Gasteiger partial charge in [0, 0.05) is 17.7 Å². The summed E-state index contributed by atoms with van der Waals surface area (Å²) in [6.45, 7) is 0.864. The summed E-state index contributed by atoms with van der Waals surface area (Å²) in [7, 11) is 0. The van der Waals surface area contributed by atoms with Crippen LogP contribution in [0.1, 0.15) is 5.56 Å². The maximum Gasteiger partial charge on any atom is 0.133 e. The fourth-order valence-corrected chi connectivity index (χ4v) is 3.44. The van der Waals surface area contributed by atoms with Crippen molar-refractivity contribution < 1.29 is 0 Å². The SMILES string of the molecule is Clc1ccc(-c2nn(-c3ccc(Cl)c(Cl)c3)c3c2CCN3)cc1Cl. The van der Waals surface area contributed by atoms with Crippen molar-refractivity contribution in [2.75, 3.05) is 11.9 Å². The van der Waals surface area contributed by atoms with E-state index in [1.54, 1.807) is 18.2 Å². The minimum Gasteiger partial charge on any atom is -0.369 e. The predicted octanol–water partition coefficient (Wildman–Crippen LogP) is 6.12. The van der Waals surface area contributed by atoms with Crippen LogP contribution in [0.4, 0.5) is 5.82 Å². The molecule has 0 radical (unpaired) electrons. The van der Waals surface area contributed by atoms with Gasteiger partial charge in [-0.05, 0) is 36.8 Å². The molecule has 3 nitrogen and oxygen atoms in total. The van der Waals surface area contributed by atoms with Crippen LogP contribution in [-0.2, 0) is 6.42 Å². The van der Waals surface area contributed by atoms with Crippen molar-refractivity contribution in [2.24, 2.45) is 0 Å². The number of nitrogens with zero attached hydrogens (tertiary/aromatic N) is 2. The number of halogens is 4. The molecule has 3 aromatic rings. The van der Waals surface area contributed by atoms with Gasteiger partial charge in [0.05, 0.1) is 31.5 Å². The lowest BCUT2D eigenvalue weighted by molar-refractivity contribution is 0.882. The van der Waals surface area contributed by atoms with Crippen molar-refractivity contribution >= 4 is 52.2 Å². The first-order chi connectivity index (χ1) is 11.5. The van der Waals surface area contributed by atoms with Crippen molar-refractivity contribution in [3.05, 3.63) is 62.1 Å². The minimum atomic E-state index is 0.493. The van der Waals surface area contributed by atoms with E-state index in [1.165, 1.54) is 0 Å². The molecule has 2 heterocycles. The lowest BCUT2D eigenvalue weighted by Crippen LogP contribution is -2.04. The molecular weight excluding hydrogens is 388 g/mol. The molecule has 0 atom stereocenters. The summed E-state index contributed by atoms with van der Waals surface area (Å²) in [6.07, 6.45) is 0.895. The molecule has 0 saturated carbocycles. The van der Waals surface area contributed by atoms with E-state index in [4.69, 9.17) is 51.5 Å². The third-order valence-corrected chi connectivity index (χ3v) is 5.47. The smallest absolute Gasteiger partial charge is 0.133 e. The number of benzene rings is 2. The van der Waals surface area contributed by atoms with Gasteiger partial charge in [0.15, 0.2) is 0 Å². The van der Waals surface area contributed by atoms with Gasteiger partial charge in [0.2, 0.25) is 0 Å². The van der Waals surface area contributed by atoms with Crippen molar-refractivity contribution in [2.45, 2.75) is 6.42 Å². The lowest BCUT2D eigenvalue weighted by Gasteiger charge is -2.07. The molecule has 0 saturated heterocycles. The minimum absolute atomic E-state index is 0.493. The van der Waals surface area contributed by atoms with Crippen LogP contribution >= 0.6 is 46.4 Å². The van der Waals surface area contributed by atoms with Crippen molar-refractivity contribution in [3.63, 3.8) is 0 Å². The zero-order valence-corrected chi connectivity index (χ0v) is 15.3. The van der Waals surface area contributed by atoms with Crippen LogP contribution < -0.4 is 5.32 Å². The highest BCUT2D eigenvalue weighted by atomic mass is 35.5. The van der Waals surface area contributed by atoms with Crippen molar-refractivity contribution in [3.8, 4) is 16.9 Å².